The maximum Gasteiger partial charge on any atom is 0.209 e. The summed E-state index contributed by atoms with van der Waals surface area (Å²) in [5.41, 5.74) is 0. The first-order chi connectivity index (χ1) is 6.38. The van der Waals surface area contributed by atoms with Crippen LogP contribution >= 0.6 is 11.8 Å². The summed E-state index contributed by atoms with van der Waals surface area (Å²) in [7, 11) is 0. The monoisotopic (exact) mass is 204 g/mol. The summed E-state index contributed by atoms with van der Waals surface area (Å²) in [4.78, 5) is 0. The lowest BCUT2D eigenvalue weighted by Crippen LogP contribution is -2.05. The third kappa shape index (κ3) is 3.29. The zero-order valence-electron chi connectivity index (χ0n) is 7.13. The van der Waals surface area contributed by atoms with E-state index in [9.17, 15) is 0 Å². The molecule has 0 aliphatic heterocycles. The van der Waals surface area contributed by atoms with Gasteiger partial charge >= 0.3 is 0 Å². The average molecular weight is 204 g/mol. The maximum absolute atomic E-state index is 8.67. The second-order valence-corrected chi connectivity index (χ2v) is 3.40. The minimum Gasteiger partial charge on any atom is -0.396 e. The molecule has 0 aromatic carbocycles. The Morgan fingerprint density at radius 2 is 2.15 bits per heavy atom. The van der Waals surface area contributed by atoms with Crippen LogP contribution in [0.5, 0.6) is 0 Å². The number of tetrazole rings is 1. The van der Waals surface area contributed by atoms with Crippen molar-refractivity contribution >= 4 is 11.8 Å². The molecule has 0 aliphatic carbocycles. The van der Waals surface area contributed by atoms with Crippen LogP contribution in [-0.4, -0.2) is 49.4 Å². The van der Waals surface area contributed by atoms with Crippen molar-refractivity contribution in [3.8, 4) is 0 Å². The van der Waals surface area contributed by atoms with Crippen molar-refractivity contribution < 1.29 is 10.2 Å². The number of aliphatic hydroxyl groups is 2. The van der Waals surface area contributed by atoms with Crippen molar-refractivity contribution in [2.24, 2.45) is 0 Å². The predicted octanol–water partition coefficient (Wildman–Crippen LogP) is -0.860. The highest BCUT2D eigenvalue weighted by molar-refractivity contribution is 7.99. The molecule has 0 saturated heterocycles. The zero-order chi connectivity index (χ0) is 9.52. The smallest absolute Gasteiger partial charge is 0.209 e. The number of rotatable bonds is 6. The molecule has 13 heavy (non-hydrogen) atoms. The summed E-state index contributed by atoms with van der Waals surface area (Å²) in [5.74, 6) is 0.780. The van der Waals surface area contributed by atoms with Crippen LogP contribution in [0, 0.1) is 0 Å². The lowest BCUT2D eigenvalue weighted by atomic mass is 10.5. The normalized spacial score (nSPS) is 10.6. The van der Waals surface area contributed by atoms with Crippen LogP contribution in [0.4, 0.5) is 0 Å². The van der Waals surface area contributed by atoms with E-state index in [4.69, 9.17) is 10.2 Å². The molecule has 0 aliphatic rings. The zero-order valence-corrected chi connectivity index (χ0v) is 7.94. The van der Waals surface area contributed by atoms with Gasteiger partial charge in [0.25, 0.3) is 0 Å². The molecule has 0 radical (unpaired) electrons. The standard InChI is InChI=1S/C6H12N4O2S/c11-3-1-5-13-6-7-8-9-10(6)2-4-12/h11-12H,1-5H2. The van der Waals surface area contributed by atoms with Crippen molar-refractivity contribution in [1.82, 2.24) is 20.2 Å². The van der Waals surface area contributed by atoms with E-state index in [-0.39, 0.29) is 13.2 Å². The van der Waals surface area contributed by atoms with Gasteiger partial charge in [-0.05, 0) is 16.8 Å². The third-order valence-electron chi connectivity index (χ3n) is 1.34. The van der Waals surface area contributed by atoms with Crippen LogP contribution in [0.25, 0.3) is 0 Å². The van der Waals surface area contributed by atoms with Gasteiger partial charge in [-0.15, -0.1) is 5.10 Å². The van der Waals surface area contributed by atoms with Crippen molar-refractivity contribution in [3.63, 3.8) is 0 Å². The number of hydrogen-bond donors (Lipinski definition) is 2. The quantitative estimate of drug-likeness (QED) is 0.463. The molecular formula is C6H12N4O2S. The minimum atomic E-state index is 0.0264. The Hall–Kier alpha value is -0.660. The molecule has 0 saturated carbocycles. The van der Waals surface area contributed by atoms with E-state index < -0.39 is 0 Å². The molecule has 0 unspecified atom stereocenters. The van der Waals surface area contributed by atoms with E-state index in [0.29, 0.717) is 11.7 Å². The van der Waals surface area contributed by atoms with E-state index in [0.717, 1.165) is 12.2 Å². The SMILES string of the molecule is OCCCSc1nnnn1CCO. The summed E-state index contributed by atoms with van der Waals surface area (Å²) in [5, 5.41) is 28.9. The van der Waals surface area contributed by atoms with Crippen molar-refractivity contribution in [1.29, 1.82) is 0 Å². The molecule has 7 heteroatoms. The van der Waals surface area contributed by atoms with E-state index in [1.807, 2.05) is 0 Å². The number of aromatic nitrogens is 4. The molecule has 74 valence electrons. The minimum absolute atomic E-state index is 0.0264. The van der Waals surface area contributed by atoms with Gasteiger partial charge in [0.05, 0.1) is 13.2 Å². The van der Waals surface area contributed by atoms with Gasteiger partial charge in [0, 0.05) is 12.4 Å². The lowest BCUT2D eigenvalue weighted by Gasteiger charge is -2.00. The molecule has 0 spiro atoms. The fourth-order valence-electron chi connectivity index (χ4n) is 0.763. The van der Waals surface area contributed by atoms with Crippen LogP contribution in [0.2, 0.25) is 0 Å². The first kappa shape index (κ1) is 10.4. The Labute approximate surface area is 80.0 Å². The fourth-order valence-corrected chi connectivity index (χ4v) is 1.59. The Balaban J connectivity index is 2.40. The number of thioether (sulfide) groups is 1. The number of hydrogen-bond acceptors (Lipinski definition) is 6. The summed E-state index contributed by atoms with van der Waals surface area (Å²) in [6, 6.07) is 0. The van der Waals surface area contributed by atoms with Gasteiger partial charge in [0.1, 0.15) is 0 Å². The second-order valence-electron chi connectivity index (χ2n) is 2.33. The van der Waals surface area contributed by atoms with E-state index in [1.54, 1.807) is 4.68 Å². The second kappa shape index (κ2) is 5.90. The van der Waals surface area contributed by atoms with Gasteiger partial charge in [-0.25, -0.2) is 4.68 Å². The highest BCUT2D eigenvalue weighted by Gasteiger charge is 2.04. The summed E-state index contributed by atoms with van der Waals surface area (Å²) >= 11 is 1.47. The first-order valence-corrected chi connectivity index (χ1v) is 4.97. The number of nitrogens with zero attached hydrogens (tertiary/aromatic N) is 4. The Kier molecular flexibility index (Phi) is 4.73. The molecule has 1 rings (SSSR count). The highest BCUT2D eigenvalue weighted by atomic mass is 32.2. The molecule has 1 aromatic rings. The molecule has 0 fully saturated rings. The molecule has 0 amide bonds. The van der Waals surface area contributed by atoms with Crippen molar-refractivity contribution in [2.45, 2.75) is 18.1 Å². The molecule has 1 aromatic heterocycles. The molecule has 0 bridgehead atoms. The van der Waals surface area contributed by atoms with Gasteiger partial charge < -0.3 is 10.2 Å². The highest BCUT2D eigenvalue weighted by Crippen LogP contribution is 2.13. The predicted molar refractivity (Wildman–Crippen MR) is 47.3 cm³/mol. The third-order valence-corrected chi connectivity index (χ3v) is 2.39. The molecule has 6 nitrogen and oxygen atoms in total. The summed E-state index contributed by atoms with van der Waals surface area (Å²) in [6.45, 7) is 0.613. The summed E-state index contributed by atoms with van der Waals surface area (Å²) < 4.78 is 1.54. The van der Waals surface area contributed by atoms with Crippen LogP contribution in [0.3, 0.4) is 0 Å². The Bertz CT molecular complexity index is 242. The Morgan fingerprint density at radius 3 is 2.85 bits per heavy atom. The van der Waals surface area contributed by atoms with Crippen LogP contribution in [0.1, 0.15) is 6.42 Å². The van der Waals surface area contributed by atoms with E-state index in [1.165, 1.54) is 11.8 Å². The van der Waals surface area contributed by atoms with Crippen LogP contribution in [0.15, 0.2) is 5.16 Å². The van der Waals surface area contributed by atoms with Crippen LogP contribution < -0.4 is 0 Å². The maximum atomic E-state index is 8.67. The molecule has 2 N–H and O–H groups in total. The fraction of sp³-hybridized carbons (Fsp3) is 0.833. The molecular weight excluding hydrogens is 192 g/mol. The first-order valence-electron chi connectivity index (χ1n) is 3.99. The lowest BCUT2D eigenvalue weighted by molar-refractivity contribution is 0.262. The van der Waals surface area contributed by atoms with Gasteiger partial charge in [-0.3, -0.25) is 0 Å². The summed E-state index contributed by atoms with van der Waals surface area (Å²) in [6.07, 6.45) is 0.719. The van der Waals surface area contributed by atoms with Gasteiger partial charge in [0.2, 0.25) is 5.16 Å². The average Bonchev–Trinajstić information content (AvgIpc) is 2.54. The van der Waals surface area contributed by atoms with Gasteiger partial charge in [-0.2, -0.15) is 0 Å². The topological polar surface area (TPSA) is 84.1 Å². The number of aliphatic hydroxyl groups excluding tert-OH is 2. The van der Waals surface area contributed by atoms with Crippen molar-refractivity contribution in [2.75, 3.05) is 19.0 Å². The van der Waals surface area contributed by atoms with E-state index >= 15 is 0 Å². The molecule has 0 atom stereocenters. The molecule has 1 heterocycles. The van der Waals surface area contributed by atoms with Gasteiger partial charge in [0.15, 0.2) is 0 Å². The van der Waals surface area contributed by atoms with E-state index in [2.05, 4.69) is 15.5 Å². The Morgan fingerprint density at radius 1 is 1.31 bits per heavy atom. The van der Waals surface area contributed by atoms with Gasteiger partial charge in [-0.1, -0.05) is 11.8 Å². The van der Waals surface area contributed by atoms with Crippen molar-refractivity contribution in [3.05, 3.63) is 0 Å². The van der Waals surface area contributed by atoms with Crippen LogP contribution in [-0.2, 0) is 6.54 Å². The largest absolute Gasteiger partial charge is 0.396 e.